The van der Waals surface area contributed by atoms with E-state index in [1.807, 2.05) is 13.8 Å². The Morgan fingerprint density at radius 2 is 1.25 bits per heavy atom. The second-order valence-electron chi connectivity index (χ2n) is 3.36. The predicted molar refractivity (Wildman–Crippen MR) is 71.4 cm³/mol. The maximum Gasteiger partial charge on any atom is 0.100 e. The van der Waals surface area contributed by atoms with Crippen LogP contribution >= 0.6 is 0 Å². The molecule has 0 aromatic rings. The molecule has 0 amide bonds. The van der Waals surface area contributed by atoms with Gasteiger partial charge in [0.15, 0.2) is 0 Å². The Morgan fingerprint density at radius 3 is 1.50 bits per heavy atom. The Labute approximate surface area is 102 Å². The lowest BCUT2D eigenvalue weighted by Gasteiger charge is -2.19. The number of hydrogen-bond acceptors (Lipinski definition) is 2. The van der Waals surface area contributed by atoms with Crippen molar-refractivity contribution in [1.82, 2.24) is 4.90 Å². The van der Waals surface area contributed by atoms with Gasteiger partial charge in [-0.3, -0.25) is 0 Å². The molecule has 0 fully saturated rings. The molecule has 102 valence electrons. The summed E-state index contributed by atoms with van der Waals surface area (Å²) in [4.78, 5) is 5.73. The lowest BCUT2D eigenvalue weighted by molar-refractivity contribution is -0.136. The minimum absolute atomic E-state index is 0.194. The van der Waals surface area contributed by atoms with E-state index in [1.54, 1.807) is 0 Å². The van der Waals surface area contributed by atoms with Crippen molar-refractivity contribution >= 4 is 0 Å². The lowest BCUT2D eigenvalue weighted by atomic mass is 10.3. The van der Waals surface area contributed by atoms with Crippen LogP contribution in [0.15, 0.2) is 0 Å². The van der Waals surface area contributed by atoms with Gasteiger partial charge < -0.3 is 4.90 Å². The highest BCUT2D eigenvalue weighted by Gasteiger charge is 2.00. The van der Waals surface area contributed by atoms with E-state index in [4.69, 9.17) is 0 Å². The highest BCUT2D eigenvalue weighted by Crippen LogP contribution is 1.93. The van der Waals surface area contributed by atoms with E-state index in [9.17, 15) is 4.53 Å². The zero-order chi connectivity index (χ0) is 13.2. The first kappa shape index (κ1) is 21.2. The number of halogens is 1. The summed E-state index contributed by atoms with van der Waals surface area (Å²) in [5, 5.41) is 0. The molecular weight excluding hydrogens is 205 g/mol. The molecule has 0 unspecified atom stereocenters. The third kappa shape index (κ3) is 23.6. The molecule has 0 bridgehead atoms. The number of hydrogen-bond donors (Lipinski definition) is 0. The van der Waals surface area contributed by atoms with Crippen LogP contribution in [-0.2, 0) is 4.94 Å². The quantitative estimate of drug-likeness (QED) is 0.648. The van der Waals surface area contributed by atoms with Crippen LogP contribution in [-0.4, -0.2) is 31.1 Å². The third-order valence-corrected chi connectivity index (χ3v) is 1.56. The smallest absolute Gasteiger partial charge is 0.100 e. The monoisotopic (exact) mass is 237 g/mol. The first-order chi connectivity index (χ1) is 7.76. The molecule has 16 heavy (non-hydrogen) atoms. The summed E-state index contributed by atoms with van der Waals surface area (Å²) in [5.41, 5.74) is 0. The minimum Gasteiger partial charge on any atom is -0.301 e. The Bertz CT molecular complexity index is 86.0. The molecule has 0 aliphatic heterocycles. The average Bonchev–Trinajstić information content (AvgIpc) is 2.30. The molecule has 0 aromatic carbocycles. The fourth-order valence-electron chi connectivity index (χ4n) is 1.13. The van der Waals surface area contributed by atoms with Gasteiger partial charge in [-0.2, -0.15) is 4.94 Å². The summed E-state index contributed by atoms with van der Waals surface area (Å²) in [6, 6.07) is 0. The highest BCUT2D eigenvalue weighted by molar-refractivity contribution is 4.54. The maximum absolute atomic E-state index is 11.3. The van der Waals surface area contributed by atoms with Gasteiger partial charge in [0, 0.05) is 6.54 Å². The van der Waals surface area contributed by atoms with Crippen LogP contribution in [0.5, 0.6) is 0 Å². The second kappa shape index (κ2) is 24.2. The highest BCUT2D eigenvalue weighted by atomic mass is 19.3. The van der Waals surface area contributed by atoms with Crippen molar-refractivity contribution in [2.45, 2.75) is 60.8 Å². The molecule has 0 spiro atoms. The van der Waals surface area contributed by atoms with Gasteiger partial charge >= 0.3 is 0 Å². The van der Waals surface area contributed by atoms with Gasteiger partial charge in [0.25, 0.3) is 0 Å². The third-order valence-electron chi connectivity index (χ3n) is 1.56. The van der Waals surface area contributed by atoms with E-state index < -0.39 is 0 Å². The fraction of sp³-hybridized carbons (Fsp3) is 1.00. The Morgan fingerprint density at radius 1 is 0.875 bits per heavy atom. The van der Waals surface area contributed by atoms with E-state index in [-0.39, 0.29) is 6.61 Å². The zero-order valence-corrected chi connectivity index (χ0v) is 12.2. The molecule has 0 aliphatic carbocycles. The maximum atomic E-state index is 11.3. The van der Waals surface area contributed by atoms with Crippen molar-refractivity contribution in [1.29, 1.82) is 0 Å². The van der Waals surface area contributed by atoms with Crippen molar-refractivity contribution in [3.8, 4) is 0 Å². The first-order valence-electron chi connectivity index (χ1n) is 6.72. The van der Waals surface area contributed by atoms with Gasteiger partial charge in [-0.15, -0.1) is 0 Å². The van der Waals surface area contributed by atoms with Gasteiger partial charge in [-0.25, -0.2) is 0 Å². The second-order valence-corrected chi connectivity index (χ2v) is 3.36. The topological polar surface area (TPSA) is 12.5 Å². The van der Waals surface area contributed by atoms with E-state index in [2.05, 4.69) is 37.5 Å². The minimum atomic E-state index is 0.194. The van der Waals surface area contributed by atoms with Gasteiger partial charge in [0.2, 0.25) is 0 Å². The summed E-state index contributed by atoms with van der Waals surface area (Å²) >= 11 is 0. The van der Waals surface area contributed by atoms with E-state index in [0.29, 0.717) is 6.54 Å². The van der Waals surface area contributed by atoms with Crippen LogP contribution in [0.3, 0.4) is 0 Å². The van der Waals surface area contributed by atoms with Crippen molar-refractivity contribution in [2.24, 2.45) is 0 Å². The van der Waals surface area contributed by atoms with Gasteiger partial charge in [0.05, 0.1) is 0 Å². The van der Waals surface area contributed by atoms with Crippen molar-refractivity contribution in [3.05, 3.63) is 0 Å². The van der Waals surface area contributed by atoms with Crippen molar-refractivity contribution in [2.75, 3.05) is 26.2 Å². The molecule has 0 rings (SSSR count). The Kier molecular flexibility index (Phi) is 32.0. The normalized spacial score (nSPS) is 9.00. The summed E-state index contributed by atoms with van der Waals surface area (Å²) < 4.78 is 11.3. The Hall–Kier alpha value is -0.150. The molecule has 0 N–H and O–H groups in total. The van der Waals surface area contributed by atoms with Crippen LogP contribution in [0.2, 0.25) is 0 Å². The molecule has 0 saturated carbocycles. The molecule has 3 heteroatoms. The van der Waals surface area contributed by atoms with Crippen LogP contribution in [0.25, 0.3) is 0 Å². The Balaban J connectivity index is -0.000000289. The fourth-order valence-corrected chi connectivity index (χ4v) is 1.13. The summed E-state index contributed by atoms with van der Waals surface area (Å²) in [5.74, 6) is 0. The summed E-state index contributed by atoms with van der Waals surface area (Å²) in [6.45, 7) is 15.5. The standard InChI is InChI=1S/C8H18FNO.C3H8.C2H6/c1-3-5-10(6-4-2)7-8-11-9;1-3-2;1-2/h3-8H2,1-2H3;3H2,1-2H3;1-2H3. The number of nitrogens with zero attached hydrogens (tertiary/aromatic N) is 1. The molecule has 0 aliphatic rings. The molecule has 0 aromatic heterocycles. The van der Waals surface area contributed by atoms with Gasteiger partial charge in [0.1, 0.15) is 6.61 Å². The van der Waals surface area contributed by atoms with Gasteiger partial charge in [-0.05, 0) is 30.5 Å². The lowest BCUT2D eigenvalue weighted by Crippen LogP contribution is -2.28. The average molecular weight is 237 g/mol. The van der Waals surface area contributed by atoms with E-state index in [1.165, 1.54) is 6.42 Å². The predicted octanol–water partition coefficient (Wildman–Crippen LogP) is 4.45. The van der Waals surface area contributed by atoms with E-state index in [0.717, 1.165) is 25.9 Å². The summed E-state index contributed by atoms with van der Waals surface area (Å²) in [7, 11) is 0. The van der Waals surface area contributed by atoms with Crippen LogP contribution in [0.1, 0.15) is 60.8 Å². The SMILES string of the molecule is CC.CCC.CCCN(CCC)CCOF. The molecule has 0 radical (unpaired) electrons. The molecule has 2 nitrogen and oxygen atoms in total. The molecule has 0 heterocycles. The number of rotatable bonds is 7. The molecule has 0 saturated heterocycles. The van der Waals surface area contributed by atoms with Crippen LogP contribution in [0, 0.1) is 0 Å². The largest absolute Gasteiger partial charge is 0.301 e. The van der Waals surface area contributed by atoms with Crippen molar-refractivity contribution < 1.29 is 9.47 Å². The molecular formula is C13H32FNO. The van der Waals surface area contributed by atoms with E-state index >= 15 is 0 Å². The molecule has 0 atom stereocenters. The van der Waals surface area contributed by atoms with Crippen LogP contribution < -0.4 is 0 Å². The van der Waals surface area contributed by atoms with Crippen molar-refractivity contribution in [3.63, 3.8) is 0 Å². The zero-order valence-electron chi connectivity index (χ0n) is 12.2. The summed E-state index contributed by atoms with van der Waals surface area (Å²) in [6.07, 6.45) is 3.48. The first-order valence-corrected chi connectivity index (χ1v) is 6.72. The van der Waals surface area contributed by atoms with Gasteiger partial charge in [-0.1, -0.05) is 48.0 Å². The van der Waals surface area contributed by atoms with Crippen LogP contribution in [0.4, 0.5) is 4.53 Å².